The van der Waals surface area contributed by atoms with Crippen molar-refractivity contribution in [1.29, 1.82) is 0 Å². The van der Waals surface area contributed by atoms with E-state index < -0.39 is 0 Å². The van der Waals surface area contributed by atoms with E-state index in [1.54, 1.807) is 11.3 Å². The Bertz CT molecular complexity index is 801. The van der Waals surface area contributed by atoms with E-state index in [2.05, 4.69) is 10.3 Å². The Morgan fingerprint density at radius 2 is 1.96 bits per heavy atom. The van der Waals surface area contributed by atoms with E-state index in [1.807, 2.05) is 58.7 Å². The van der Waals surface area contributed by atoms with Crippen LogP contribution in [0.15, 0.2) is 54.2 Å². The van der Waals surface area contributed by atoms with Crippen LogP contribution >= 0.6 is 11.3 Å². The van der Waals surface area contributed by atoms with Gasteiger partial charge in [0.2, 0.25) is 0 Å². The van der Waals surface area contributed by atoms with E-state index in [1.165, 1.54) is 17.8 Å². The van der Waals surface area contributed by atoms with Gasteiger partial charge >= 0.3 is 0 Å². The number of carbonyl (C=O) groups is 1. The molecule has 0 radical (unpaired) electrons. The summed E-state index contributed by atoms with van der Waals surface area (Å²) >= 11 is 1.70. The molecule has 0 aliphatic heterocycles. The minimum Gasteiger partial charge on any atom is -0.346 e. The monoisotopic (exact) mass is 323 g/mol. The second kappa shape index (κ2) is 6.01. The molecule has 23 heavy (non-hydrogen) atoms. The number of thiazole rings is 1. The van der Waals surface area contributed by atoms with Crippen molar-refractivity contribution in [3.05, 3.63) is 70.4 Å². The topological polar surface area (TPSA) is 46.9 Å². The van der Waals surface area contributed by atoms with Crippen molar-refractivity contribution in [2.24, 2.45) is 0 Å². The molecule has 1 aliphatic rings. The molecule has 1 fully saturated rings. The fraction of sp³-hybridized carbons (Fsp3) is 0.222. The molecule has 116 valence electrons. The van der Waals surface area contributed by atoms with Gasteiger partial charge in [-0.2, -0.15) is 0 Å². The first kappa shape index (κ1) is 14.2. The summed E-state index contributed by atoms with van der Waals surface area (Å²) in [4.78, 5) is 16.8. The fourth-order valence-corrected chi connectivity index (χ4v) is 3.48. The summed E-state index contributed by atoms with van der Waals surface area (Å²) in [5.41, 5.74) is 2.66. The van der Waals surface area contributed by atoms with Crippen LogP contribution in [0.1, 0.15) is 39.8 Å². The van der Waals surface area contributed by atoms with E-state index in [4.69, 9.17) is 0 Å². The van der Waals surface area contributed by atoms with Crippen molar-refractivity contribution in [3.63, 3.8) is 0 Å². The van der Waals surface area contributed by atoms with Crippen LogP contribution in [0, 0.1) is 0 Å². The molecule has 0 atom stereocenters. The van der Waals surface area contributed by atoms with Crippen LogP contribution in [-0.2, 0) is 6.54 Å². The first-order chi connectivity index (χ1) is 11.3. The third-order valence-corrected chi connectivity index (χ3v) is 5.01. The fourth-order valence-electron chi connectivity index (χ4n) is 2.49. The van der Waals surface area contributed by atoms with Gasteiger partial charge in [0.15, 0.2) is 0 Å². The van der Waals surface area contributed by atoms with Gasteiger partial charge in [0, 0.05) is 34.9 Å². The smallest absolute Gasteiger partial charge is 0.251 e. The van der Waals surface area contributed by atoms with E-state index >= 15 is 0 Å². The maximum atomic E-state index is 12.2. The van der Waals surface area contributed by atoms with Crippen LogP contribution < -0.4 is 5.32 Å². The highest BCUT2D eigenvalue weighted by molar-refractivity contribution is 7.09. The average Bonchev–Trinajstić information content (AvgIpc) is 3.11. The predicted octanol–water partition coefficient (Wildman–Crippen LogP) is 3.74. The number of aromatic nitrogens is 2. The van der Waals surface area contributed by atoms with Gasteiger partial charge in [0.25, 0.3) is 5.91 Å². The van der Waals surface area contributed by atoms with E-state index in [0.29, 0.717) is 18.0 Å². The van der Waals surface area contributed by atoms with Gasteiger partial charge in [-0.1, -0.05) is 0 Å². The molecule has 0 saturated heterocycles. The molecular weight excluding hydrogens is 306 g/mol. The van der Waals surface area contributed by atoms with Gasteiger partial charge in [-0.25, -0.2) is 4.98 Å². The van der Waals surface area contributed by atoms with Gasteiger partial charge in [-0.15, -0.1) is 11.3 Å². The number of benzene rings is 1. The molecule has 0 spiro atoms. The highest BCUT2D eigenvalue weighted by Gasteiger charge is 2.26. The summed E-state index contributed by atoms with van der Waals surface area (Å²) in [5.74, 6) is 0.607. The lowest BCUT2D eigenvalue weighted by atomic mass is 10.2. The number of hydrogen-bond acceptors (Lipinski definition) is 3. The molecule has 1 N–H and O–H groups in total. The lowest BCUT2D eigenvalue weighted by Gasteiger charge is -2.06. The Balaban J connectivity index is 1.38. The number of rotatable bonds is 5. The number of amides is 1. The van der Waals surface area contributed by atoms with Gasteiger partial charge in [0.05, 0.1) is 17.2 Å². The molecule has 2 aromatic heterocycles. The Labute approximate surface area is 138 Å². The molecule has 1 amide bonds. The first-order valence-electron chi connectivity index (χ1n) is 7.75. The summed E-state index contributed by atoms with van der Waals surface area (Å²) < 4.78 is 2.01. The summed E-state index contributed by atoms with van der Waals surface area (Å²) in [6, 6.07) is 11.5. The van der Waals surface area contributed by atoms with Gasteiger partial charge in [0.1, 0.15) is 0 Å². The number of carbonyl (C=O) groups excluding carboxylic acids is 1. The van der Waals surface area contributed by atoms with Crippen molar-refractivity contribution in [1.82, 2.24) is 14.9 Å². The average molecular weight is 323 g/mol. The number of nitrogens with one attached hydrogen (secondary N) is 1. The van der Waals surface area contributed by atoms with E-state index in [-0.39, 0.29) is 5.91 Å². The quantitative estimate of drug-likeness (QED) is 0.777. The largest absolute Gasteiger partial charge is 0.346 e. The molecule has 2 heterocycles. The molecule has 4 rings (SSSR count). The molecular formula is C18H17N3OS. The van der Waals surface area contributed by atoms with Crippen molar-refractivity contribution >= 4 is 17.2 Å². The zero-order chi connectivity index (χ0) is 15.6. The van der Waals surface area contributed by atoms with Crippen molar-refractivity contribution in [2.45, 2.75) is 25.3 Å². The van der Waals surface area contributed by atoms with Gasteiger partial charge in [-0.05, 0) is 49.2 Å². The van der Waals surface area contributed by atoms with E-state index in [0.717, 1.165) is 11.4 Å². The minimum atomic E-state index is -0.0648. The molecule has 5 heteroatoms. The SMILES string of the molecule is O=C(NCc1csc(C2CC2)n1)c1ccc(-n2cccc2)cc1. The number of hydrogen-bond donors (Lipinski definition) is 1. The predicted molar refractivity (Wildman–Crippen MR) is 91.0 cm³/mol. The summed E-state index contributed by atoms with van der Waals surface area (Å²) in [6.07, 6.45) is 6.48. The van der Waals surface area contributed by atoms with Crippen LogP contribution in [0.2, 0.25) is 0 Å². The molecule has 4 nitrogen and oxygen atoms in total. The van der Waals surface area contributed by atoms with Gasteiger partial charge < -0.3 is 9.88 Å². The van der Waals surface area contributed by atoms with Crippen molar-refractivity contribution < 1.29 is 4.79 Å². The lowest BCUT2D eigenvalue weighted by molar-refractivity contribution is 0.0950. The zero-order valence-corrected chi connectivity index (χ0v) is 13.4. The zero-order valence-electron chi connectivity index (χ0n) is 12.6. The molecule has 3 aromatic rings. The third-order valence-electron chi connectivity index (χ3n) is 3.96. The third kappa shape index (κ3) is 3.19. The molecule has 1 aliphatic carbocycles. The maximum absolute atomic E-state index is 12.2. The first-order valence-corrected chi connectivity index (χ1v) is 8.63. The molecule has 0 bridgehead atoms. The Kier molecular flexibility index (Phi) is 3.71. The summed E-state index contributed by atoms with van der Waals surface area (Å²) in [7, 11) is 0. The highest BCUT2D eigenvalue weighted by atomic mass is 32.1. The second-order valence-corrected chi connectivity index (χ2v) is 6.66. The molecule has 1 aromatic carbocycles. The summed E-state index contributed by atoms with van der Waals surface area (Å²) in [5, 5.41) is 6.20. The normalized spacial score (nSPS) is 13.9. The second-order valence-electron chi connectivity index (χ2n) is 5.77. The van der Waals surface area contributed by atoms with Crippen LogP contribution in [0.5, 0.6) is 0 Å². The molecule has 0 unspecified atom stereocenters. The Hall–Kier alpha value is -2.40. The van der Waals surface area contributed by atoms with Crippen LogP contribution in [-0.4, -0.2) is 15.5 Å². The van der Waals surface area contributed by atoms with Crippen molar-refractivity contribution in [2.75, 3.05) is 0 Å². The highest BCUT2D eigenvalue weighted by Crippen LogP contribution is 2.41. The van der Waals surface area contributed by atoms with Crippen LogP contribution in [0.25, 0.3) is 5.69 Å². The Morgan fingerprint density at radius 3 is 2.65 bits per heavy atom. The standard InChI is InChI=1S/C18H17N3OS/c22-17(19-11-15-12-23-18(20-15)14-3-4-14)13-5-7-16(8-6-13)21-9-1-2-10-21/h1-2,5-10,12,14H,3-4,11H2,(H,19,22). The van der Waals surface area contributed by atoms with Crippen LogP contribution in [0.4, 0.5) is 0 Å². The Morgan fingerprint density at radius 1 is 1.22 bits per heavy atom. The number of nitrogens with zero attached hydrogens (tertiary/aromatic N) is 2. The molecule has 1 saturated carbocycles. The minimum absolute atomic E-state index is 0.0648. The van der Waals surface area contributed by atoms with E-state index in [9.17, 15) is 4.79 Å². The van der Waals surface area contributed by atoms with Gasteiger partial charge in [-0.3, -0.25) is 4.79 Å². The summed E-state index contributed by atoms with van der Waals surface area (Å²) in [6.45, 7) is 0.488. The van der Waals surface area contributed by atoms with Crippen molar-refractivity contribution in [3.8, 4) is 5.69 Å². The van der Waals surface area contributed by atoms with Crippen LogP contribution in [0.3, 0.4) is 0 Å². The lowest BCUT2D eigenvalue weighted by Crippen LogP contribution is -2.22. The maximum Gasteiger partial charge on any atom is 0.251 e.